The number of nitrogens with one attached hydrogen (secondary N) is 1. The number of alkyl halides is 3. The van der Waals surface area contributed by atoms with Gasteiger partial charge in [-0.05, 0) is 62.9 Å². The maximum atomic E-state index is 12.0. The Morgan fingerprint density at radius 2 is 1.95 bits per heavy atom. The molecule has 2 unspecified atom stereocenters. The summed E-state index contributed by atoms with van der Waals surface area (Å²) in [5.41, 5.74) is 0.363. The molecule has 1 saturated carbocycles. The van der Waals surface area contributed by atoms with Crippen molar-refractivity contribution in [2.75, 3.05) is 26.8 Å². The number of ether oxygens (including phenoxy) is 1. The molecule has 1 rings (SSSR count). The summed E-state index contributed by atoms with van der Waals surface area (Å²) in [6.07, 6.45) is 1.09. The van der Waals surface area contributed by atoms with Gasteiger partial charge in [0.1, 0.15) is 6.61 Å². The van der Waals surface area contributed by atoms with E-state index in [0.717, 1.165) is 19.4 Å². The first-order valence-corrected chi connectivity index (χ1v) is 7.52. The first kappa shape index (κ1) is 17.8. The average Bonchev–Trinajstić information content (AvgIpc) is 2.30. The van der Waals surface area contributed by atoms with Crippen LogP contribution in [0.5, 0.6) is 0 Å². The molecule has 1 N–H and O–H groups in total. The Hall–Kier alpha value is -0.290. The van der Waals surface area contributed by atoms with E-state index in [-0.39, 0.29) is 6.61 Å². The van der Waals surface area contributed by atoms with Crippen LogP contribution in [0.2, 0.25) is 0 Å². The second-order valence-electron chi connectivity index (χ2n) is 6.79. The molecular formula is C15H28F3NO. The first-order valence-electron chi connectivity index (χ1n) is 7.52. The summed E-state index contributed by atoms with van der Waals surface area (Å²) in [4.78, 5) is 0. The zero-order chi connectivity index (χ0) is 15.2. The molecule has 20 heavy (non-hydrogen) atoms. The minimum atomic E-state index is -4.21. The lowest BCUT2D eigenvalue weighted by atomic mass is 9.66. The maximum absolute atomic E-state index is 12.0. The van der Waals surface area contributed by atoms with Gasteiger partial charge < -0.3 is 10.1 Å². The molecule has 1 aliphatic rings. The van der Waals surface area contributed by atoms with Crippen molar-refractivity contribution >= 4 is 0 Å². The van der Waals surface area contributed by atoms with Crippen molar-refractivity contribution in [3.05, 3.63) is 0 Å². The third-order valence-electron chi connectivity index (χ3n) is 4.27. The molecule has 0 radical (unpaired) electrons. The fraction of sp³-hybridized carbons (Fsp3) is 1.00. The van der Waals surface area contributed by atoms with Gasteiger partial charge in [-0.3, -0.25) is 0 Å². The molecule has 0 bridgehead atoms. The second-order valence-corrected chi connectivity index (χ2v) is 6.79. The van der Waals surface area contributed by atoms with Crippen LogP contribution in [-0.2, 0) is 4.74 Å². The molecule has 0 aromatic carbocycles. The summed E-state index contributed by atoms with van der Waals surface area (Å²) in [6.45, 7) is 4.67. The average molecular weight is 295 g/mol. The van der Waals surface area contributed by atoms with Crippen LogP contribution in [0, 0.1) is 17.3 Å². The lowest BCUT2D eigenvalue weighted by Crippen LogP contribution is -2.35. The van der Waals surface area contributed by atoms with Gasteiger partial charge >= 0.3 is 6.18 Å². The van der Waals surface area contributed by atoms with Gasteiger partial charge in [0.25, 0.3) is 0 Å². The number of rotatable bonds is 7. The second kappa shape index (κ2) is 7.64. The molecular weight excluding hydrogens is 267 g/mol. The van der Waals surface area contributed by atoms with E-state index < -0.39 is 12.8 Å². The standard InChI is InChI=1S/C15H28F3NO/c1-14(2)7-6-13(10-19-3)12(9-14)5-4-8-20-11-15(16,17)18/h12-13,19H,4-11H2,1-3H3. The summed E-state index contributed by atoms with van der Waals surface area (Å²) in [5, 5.41) is 3.24. The van der Waals surface area contributed by atoms with Crippen LogP contribution in [0.1, 0.15) is 46.0 Å². The van der Waals surface area contributed by atoms with Gasteiger partial charge in [-0.25, -0.2) is 0 Å². The van der Waals surface area contributed by atoms with E-state index in [4.69, 9.17) is 4.74 Å². The van der Waals surface area contributed by atoms with Gasteiger partial charge in [0.05, 0.1) is 0 Å². The fourth-order valence-electron chi connectivity index (χ4n) is 3.29. The monoisotopic (exact) mass is 295 g/mol. The quantitative estimate of drug-likeness (QED) is 0.717. The van der Waals surface area contributed by atoms with Crippen LogP contribution in [0.25, 0.3) is 0 Å². The molecule has 0 amide bonds. The predicted octanol–water partition coefficient (Wildman–Crippen LogP) is 4.01. The summed E-state index contributed by atoms with van der Waals surface area (Å²) in [5.74, 6) is 1.25. The molecule has 120 valence electrons. The Morgan fingerprint density at radius 1 is 1.25 bits per heavy atom. The molecule has 0 aromatic rings. The summed E-state index contributed by atoms with van der Waals surface area (Å²) in [6, 6.07) is 0. The number of hydrogen-bond acceptors (Lipinski definition) is 2. The van der Waals surface area contributed by atoms with Crippen LogP contribution in [0.3, 0.4) is 0 Å². The highest BCUT2D eigenvalue weighted by Crippen LogP contribution is 2.43. The SMILES string of the molecule is CNCC1CCC(C)(C)CC1CCCOCC(F)(F)F. The zero-order valence-electron chi connectivity index (χ0n) is 12.9. The van der Waals surface area contributed by atoms with Gasteiger partial charge in [0, 0.05) is 6.61 Å². The highest BCUT2D eigenvalue weighted by atomic mass is 19.4. The van der Waals surface area contributed by atoms with Crippen LogP contribution in [-0.4, -0.2) is 33.0 Å². The summed E-state index contributed by atoms with van der Waals surface area (Å²) >= 11 is 0. The third kappa shape index (κ3) is 6.93. The Balaban J connectivity index is 2.30. The lowest BCUT2D eigenvalue weighted by Gasteiger charge is -2.41. The van der Waals surface area contributed by atoms with E-state index in [1.165, 1.54) is 19.3 Å². The zero-order valence-corrected chi connectivity index (χ0v) is 12.9. The highest BCUT2D eigenvalue weighted by molar-refractivity contribution is 4.85. The minimum absolute atomic E-state index is 0.211. The largest absolute Gasteiger partial charge is 0.411 e. The van der Waals surface area contributed by atoms with E-state index in [2.05, 4.69) is 19.2 Å². The predicted molar refractivity (Wildman–Crippen MR) is 74.6 cm³/mol. The van der Waals surface area contributed by atoms with Crippen molar-refractivity contribution in [2.24, 2.45) is 17.3 Å². The van der Waals surface area contributed by atoms with E-state index >= 15 is 0 Å². The molecule has 0 aromatic heterocycles. The van der Waals surface area contributed by atoms with Gasteiger partial charge in [0.15, 0.2) is 0 Å². The van der Waals surface area contributed by atoms with Crippen LogP contribution >= 0.6 is 0 Å². The normalized spacial score (nSPS) is 26.7. The smallest absolute Gasteiger partial charge is 0.372 e. The van der Waals surface area contributed by atoms with Crippen molar-refractivity contribution in [2.45, 2.75) is 52.1 Å². The van der Waals surface area contributed by atoms with Crippen molar-refractivity contribution in [1.29, 1.82) is 0 Å². The summed E-state index contributed by atoms with van der Waals surface area (Å²) in [7, 11) is 1.96. The number of hydrogen-bond donors (Lipinski definition) is 1. The Bertz CT molecular complexity index is 279. The van der Waals surface area contributed by atoms with Crippen molar-refractivity contribution in [3.8, 4) is 0 Å². The Labute approximate surface area is 120 Å². The maximum Gasteiger partial charge on any atom is 0.411 e. The van der Waals surface area contributed by atoms with Crippen LogP contribution in [0.15, 0.2) is 0 Å². The van der Waals surface area contributed by atoms with E-state index in [0.29, 0.717) is 17.3 Å². The molecule has 2 nitrogen and oxygen atoms in total. The molecule has 0 saturated heterocycles. The molecule has 2 atom stereocenters. The van der Waals surface area contributed by atoms with E-state index in [1.807, 2.05) is 7.05 Å². The first-order chi connectivity index (χ1) is 9.23. The molecule has 5 heteroatoms. The van der Waals surface area contributed by atoms with E-state index in [1.54, 1.807) is 0 Å². The fourth-order valence-corrected chi connectivity index (χ4v) is 3.29. The molecule has 0 spiro atoms. The molecule has 1 aliphatic carbocycles. The van der Waals surface area contributed by atoms with Gasteiger partial charge in [0.2, 0.25) is 0 Å². The molecule has 0 aliphatic heterocycles. The van der Waals surface area contributed by atoms with Crippen molar-refractivity contribution in [3.63, 3.8) is 0 Å². The summed E-state index contributed by atoms with van der Waals surface area (Å²) < 4.78 is 40.6. The topological polar surface area (TPSA) is 21.3 Å². The Morgan fingerprint density at radius 3 is 2.55 bits per heavy atom. The van der Waals surface area contributed by atoms with Crippen LogP contribution < -0.4 is 5.32 Å². The number of halogens is 3. The minimum Gasteiger partial charge on any atom is -0.372 e. The van der Waals surface area contributed by atoms with Crippen molar-refractivity contribution in [1.82, 2.24) is 5.32 Å². The Kier molecular flexibility index (Phi) is 6.79. The lowest BCUT2D eigenvalue weighted by molar-refractivity contribution is -0.174. The van der Waals surface area contributed by atoms with Gasteiger partial charge in [-0.15, -0.1) is 0 Å². The van der Waals surface area contributed by atoms with E-state index in [9.17, 15) is 13.2 Å². The van der Waals surface area contributed by atoms with Crippen LogP contribution in [0.4, 0.5) is 13.2 Å². The molecule has 0 heterocycles. The van der Waals surface area contributed by atoms with Gasteiger partial charge in [-0.2, -0.15) is 13.2 Å². The molecule has 1 fully saturated rings. The van der Waals surface area contributed by atoms with Crippen molar-refractivity contribution < 1.29 is 17.9 Å². The van der Waals surface area contributed by atoms with Gasteiger partial charge in [-0.1, -0.05) is 13.8 Å². The third-order valence-corrected chi connectivity index (χ3v) is 4.27. The highest BCUT2D eigenvalue weighted by Gasteiger charge is 2.34.